The summed E-state index contributed by atoms with van der Waals surface area (Å²) in [4.78, 5) is 7.65. The van der Waals surface area contributed by atoms with E-state index in [1.165, 1.54) is 5.56 Å². The Morgan fingerprint density at radius 3 is 2.84 bits per heavy atom. The first-order valence-electron chi connectivity index (χ1n) is 6.73. The molecule has 102 valence electrons. The average molecular weight is 278 g/mol. The lowest BCUT2D eigenvalue weighted by Crippen LogP contribution is -2.02. The van der Waals surface area contributed by atoms with Gasteiger partial charge >= 0.3 is 0 Å². The van der Waals surface area contributed by atoms with Gasteiger partial charge in [0.25, 0.3) is 0 Å². The third kappa shape index (κ3) is 3.74. The van der Waals surface area contributed by atoms with Crippen LogP contribution >= 0.6 is 11.6 Å². The zero-order valence-corrected chi connectivity index (χ0v) is 12.2. The topological polar surface area (TPSA) is 40.7 Å². The normalized spacial score (nSPS) is 10.7. The third-order valence-corrected chi connectivity index (χ3v) is 3.46. The molecule has 0 saturated heterocycles. The van der Waals surface area contributed by atoms with Gasteiger partial charge in [-0.3, -0.25) is 0 Å². The van der Waals surface area contributed by atoms with Gasteiger partial charge in [0.05, 0.1) is 12.2 Å². The van der Waals surface area contributed by atoms with Gasteiger partial charge in [-0.1, -0.05) is 43.1 Å². The number of anilines is 1. The van der Waals surface area contributed by atoms with Gasteiger partial charge in [-0.2, -0.15) is 0 Å². The van der Waals surface area contributed by atoms with Crippen LogP contribution in [0.2, 0.25) is 5.15 Å². The van der Waals surface area contributed by atoms with Gasteiger partial charge in [0, 0.05) is 12.1 Å². The van der Waals surface area contributed by atoms with E-state index in [1.54, 1.807) is 0 Å². The minimum Gasteiger partial charge on any atom is -0.379 e. The number of unbranched alkanes of at least 4 members (excludes halogenated alkanes) is 1. The SMILES string of the molecule is CCCCc1nc(Cl)c(CNc2ccccc2C)[nH]1. The third-order valence-electron chi connectivity index (χ3n) is 3.15. The number of H-pyrrole nitrogens is 1. The Bertz CT molecular complexity index is 534. The molecule has 1 heterocycles. The van der Waals surface area contributed by atoms with Gasteiger partial charge in [-0.15, -0.1) is 0 Å². The lowest BCUT2D eigenvalue weighted by Gasteiger charge is -2.08. The number of benzene rings is 1. The predicted molar refractivity (Wildman–Crippen MR) is 80.7 cm³/mol. The van der Waals surface area contributed by atoms with Gasteiger partial charge in [-0.25, -0.2) is 4.98 Å². The molecule has 0 aliphatic carbocycles. The zero-order chi connectivity index (χ0) is 13.7. The molecule has 0 amide bonds. The number of aromatic amines is 1. The number of hydrogen-bond donors (Lipinski definition) is 2. The summed E-state index contributed by atoms with van der Waals surface area (Å²) in [5, 5.41) is 3.96. The first-order valence-corrected chi connectivity index (χ1v) is 7.11. The summed E-state index contributed by atoms with van der Waals surface area (Å²) in [5.41, 5.74) is 3.31. The van der Waals surface area contributed by atoms with Crippen LogP contribution in [-0.2, 0) is 13.0 Å². The largest absolute Gasteiger partial charge is 0.379 e. The van der Waals surface area contributed by atoms with Crippen molar-refractivity contribution in [3.63, 3.8) is 0 Å². The number of nitrogens with one attached hydrogen (secondary N) is 2. The molecule has 0 spiro atoms. The van der Waals surface area contributed by atoms with Crippen molar-refractivity contribution < 1.29 is 0 Å². The van der Waals surface area contributed by atoms with Crippen molar-refractivity contribution in [1.29, 1.82) is 0 Å². The Morgan fingerprint density at radius 2 is 2.11 bits per heavy atom. The van der Waals surface area contributed by atoms with Gasteiger partial charge in [0.15, 0.2) is 5.15 Å². The standard InChI is InChI=1S/C15H20ClN3/c1-3-4-9-14-18-13(15(16)19-14)10-17-12-8-6-5-7-11(12)2/h5-8,17H,3-4,9-10H2,1-2H3,(H,18,19). The Balaban J connectivity index is 1.99. The molecule has 2 N–H and O–H groups in total. The summed E-state index contributed by atoms with van der Waals surface area (Å²) < 4.78 is 0. The van der Waals surface area contributed by atoms with Gasteiger partial charge in [0.2, 0.25) is 0 Å². The van der Waals surface area contributed by atoms with Crippen LogP contribution in [-0.4, -0.2) is 9.97 Å². The smallest absolute Gasteiger partial charge is 0.152 e. The van der Waals surface area contributed by atoms with Crippen LogP contribution in [0.15, 0.2) is 24.3 Å². The van der Waals surface area contributed by atoms with E-state index in [1.807, 2.05) is 12.1 Å². The van der Waals surface area contributed by atoms with Crippen LogP contribution in [0.3, 0.4) is 0 Å². The molecule has 0 bridgehead atoms. The van der Waals surface area contributed by atoms with Crippen molar-refractivity contribution in [2.75, 3.05) is 5.32 Å². The Morgan fingerprint density at radius 1 is 1.32 bits per heavy atom. The molecule has 3 nitrogen and oxygen atoms in total. The summed E-state index contributed by atoms with van der Waals surface area (Å²) >= 11 is 6.15. The van der Waals surface area contributed by atoms with E-state index in [-0.39, 0.29) is 0 Å². The molecule has 1 aromatic carbocycles. The van der Waals surface area contributed by atoms with Crippen LogP contribution in [0.25, 0.3) is 0 Å². The number of hydrogen-bond acceptors (Lipinski definition) is 2. The van der Waals surface area contributed by atoms with E-state index in [9.17, 15) is 0 Å². The second-order valence-corrected chi connectivity index (χ2v) is 5.08. The van der Waals surface area contributed by atoms with E-state index in [4.69, 9.17) is 11.6 Å². The van der Waals surface area contributed by atoms with Crippen molar-refractivity contribution in [2.45, 2.75) is 39.7 Å². The highest BCUT2D eigenvalue weighted by molar-refractivity contribution is 6.30. The molecular weight excluding hydrogens is 258 g/mol. The molecule has 2 rings (SSSR count). The molecule has 0 unspecified atom stereocenters. The van der Waals surface area contributed by atoms with Gasteiger partial charge in [0.1, 0.15) is 5.82 Å². The van der Waals surface area contributed by atoms with Gasteiger partial charge < -0.3 is 10.3 Å². The monoisotopic (exact) mass is 277 g/mol. The van der Waals surface area contributed by atoms with Crippen LogP contribution in [0, 0.1) is 6.92 Å². The second kappa shape index (κ2) is 6.62. The second-order valence-electron chi connectivity index (χ2n) is 4.72. The molecule has 0 aliphatic rings. The summed E-state index contributed by atoms with van der Waals surface area (Å²) in [6, 6.07) is 8.21. The highest BCUT2D eigenvalue weighted by Crippen LogP contribution is 2.18. The maximum absolute atomic E-state index is 6.15. The van der Waals surface area contributed by atoms with E-state index in [0.29, 0.717) is 11.7 Å². The molecule has 19 heavy (non-hydrogen) atoms. The number of aromatic nitrogens is 2. The lowest BCUT2D eigenvalue weighted by atomic mass is 10.2. The molecule has 0 atom stereocenters. The molecule has 0 radical (unpaired) electrons. The fourth-order valence-corrected chi connectivity index (χ4v) is 2.19. The summed E-state index contributed by atoms with van der Waals surface area (Å²) in [7, 11) is 0. The number of halogens is 1. The molecule has 0 saturated carbocycles. The Labute approximate surface area is 119 Å². The van der Waals surface area contributed by atoms with Crippen molar-refractivity contribution >= 4 is 17.3 Å². The first-order chi connectivity index (χ1) is 9.20. The van der Waals surface area contributed by atoms with E-state index >= 15 is 0 Å². The summed E-state index contributed by atoms with van der Waals surface area (Å²) in [6.45, 7) is 4.93. The summed E-state index contributed by atoms with van der Waals surface area (Å²) in [6.07, 6.45) is 3.25. The number of imidazole rings is 1. The molecular formula is C15H20ClN3. The highest BCUT2D eigenvalue weighted by Gasteiger charge is 2.08. The number of nitrogens with zero attached hydrogens (tertiary/aromatic N) is 1. The van der Waals surface area contributed by atoms with Crippen molar-refractivity contribution in [1.82, 2.24) is 9.97 Å². The maximum atomic E-state index is 6.15. The van der Waals surface area contributed by atoms with Crippen molar-refractivity contribution in [3.8, 4) is 0 Å². The quantitative estimate of drug-likeness (QED) is 0.825. The molecule has 2 aromatic rings. The maximum Gasteiger partial charge on any atom is 0.152 e. The first kappa shape index (κ1) is 13.9. The molecule has 0 fully saturated rings. The number of rotatable bonds is 6. The molecule has 1 aromatic heterocycles. The van der Waals surface area contributed by atoms with E-state index < -0.39 is 0 Å². The molecule has 4 heteroatoms. The minimum absolute atomic E-state index is 0.576. The molecule has 0 aliphatic heterocycles. The van der Waals surface area contributed by atoms with Crippen molar-refractivity contribution in [3.05, 3.63) is 46.5 Å². The van der Waals surface area contributed by atoms with Gasteiger partial charge in [-0.05, 0) is 25.0 Å². The minimum atomic E-state index is 0.576. The number of para-hydroxylation sites is 1. The number of aryl methyl sites for hydroxylation is 2. The Hall–Kier alpha value is -1.48. The van der Waals surface area contributed by atoms with Crippen LogP contribution in [0.1, 0.15) is 36.8 Å². The Kier molecular flexibility index (Phi) is 4.86. The van der Waals surface area contributed by atoms with Crippen LogP contribution < -0.4 is 5.32 Å². The van der Waals surface area contributed by atoms with Crippen LogP contribution in [0.4, 0.5) is 5.69 Å². The fourth-order valence-electron chi connectivity index (χ4n) is 1.97. The van der Waals surface area contributed by atoms with E-state index in [0.717, 1.165) is 36.5 Å². The van der Waals surface area contributed by atoms with Crippen LogP contribution in [0.5, 0.6) is 0 Å². The highest BCUT2D eigenvalue weighted by atomic mass is 35.5. The lowest BCUT2D eigenvalue weighted by molar-refractivity contribution is 0.760. The van der Waals surface area contributed by atoms with Crippen molar-refractivity contribution in [2.24, 2.45) is 0 Å². The predicted octanol–water partition coefficient (Wildman–Crippen LogP) is 4.33. The summed E-state index contributed by atoms with van der Waals surface area (Å²) in [5.74, 6) is 0.980. The fraction of sp³-hybridized carbons (Fsp3) is 0.400. The van der Waals surface area contributed by atoms with E-state index in [2.05, 4.69) is 41.3 Å². The zero-order valence-electron chi connectivity index (χ0n) is 11.5. The average Bonchev–Trinajstić information content (AvgIpc) is 2.76.